The lowest BCUT2D eigenvalue weighted by Gasteiger charge is -2.00. The molecular formula is C11H19ClN2OS. The molecule has 1 heterocycles. The van der Waals surface area contributed by atoms with Gasteiger partial charge in [-0.15, -0.1) is 23.7 Å². The molecule has 0 saturated heterocycles. The van der Waals surface area contributed by atoms with Crippen molar-refractivity contribution in [2.45, 2.75) is 26.7 Å². The van der Waals surface area contributed by atoms with Crippen molar-refractivity contribution in [1.82, 2.24) is 5.32 Å². The molecule has 0 saturated carbocycles. The number of hydrogen-bond donors (Lipinski definition) is 2. The highest BCUT2D eigenvalue weighted by Gasteiger charge is 2.10. The maximum atomic E-state index is 11.7. The Morgan fingerprint density at radius 3 is 2.75 bits per heavy atom. The third-order valence-electron chi connectivity index (χ3n) is 2.23. The second-order valence-electron chi connectivity index (χ2n) is 3.47. The summed E-state index contributed by atoms with van der Waals surface area (Å²) >= 11 is 1.58. The first-order valence-electron chi connectivity index (χ1n) is 5.26. The molecule has 0 aliphatic carbocycles. The van der Waals surface area contributed by atoms with Gasteiger partial charge in [0.05, 0.1) is 4.88 Å². The minimum atomic E-state index is 0. The molecule has 0 spiro atoms. The summed E-state index contributed by atoms with van der Waals surface area (Å²) in [5.41, 5.74) is 6.57. The molecule has 0 radical (unpaired) electrons. The fraction of sp³-hybridized carbons (Fsp3) is 0.545. The van der Waals surface area contributed by atoms with Crippen molar-refractivity contribution in [3.8, 4) is 0 Å². The number of carbonyl (C=O) groups is 1. The van der Waals surface area contributed by atoms with Crippen molar-refractivity contribution in [3.05, 3.63) is 21.4 Å². The smallest absolute Gasteiger partial charge is 0.261 e. The average molecular weight is 263 g/mol. The molecular weight excluding hydrogens is 244 g/mol. The summed E-state index contributed by atoms with van der Waals surface area (Å²) in [6.07, 6.45) is 1.82. The van der Waals surface area contributed by atoms with E-state index >= 15 is 0 Å². The number of hydrogen-bond acceptors (Lipinski definition) is 3. The van der Waals surface area contributed by atoms with Gasteiger partial charge in [0.15, 0.2) is 0 Å². The normalized spacial score (nSPS) is 9.69. The first-order chi connectivity index (χ1) is 7.19. The molecule has 5 heteroatoms. The summed E-state index contributed by atoms with van der Waals surface area (Å²) in [7, 11) is 0. The Balaban J connectivity index is 0.00000225. The summed E-state index contributed by atoms with van der Waals surface area (Å²) < 4.78 is 0. The molecule has 0 unspecified atom stereocenters. The Morgan fingerprint density at radius 2 is 2.25 bits per heavy atom. The van der Waals surface area contributed by atoms with Gasteiger partial charge in [-0.1, -0.05) is 6.92 Å². The monoisotopic (exact) mass is 262 g/mol. The molecule has 0 aromatic carbocycles. The molecule has 1 aromatic rings. The number of halogens is 1. The topological polar surface area (TPSA) is 55.1 Å². The second kappa shape index (κ2) is 7.65. The molecule has 16 heavy (non-hydrogen) atoms. The lowest BCUT2D eigenvalue weighted by molar-refractivity contribution is 0.0957. The molecule has 0 fully saturated rings. The molecule has 1 aromatic heterocycles. The van der Waals surface area contributed by atoms with Crippen LogP contribution in [-0.2, 0) is 6.42 Å². The standard InChI is InChI=1S/C11H18N2OS.ClH/c1-3-9-8(2)7-10(15-9)11(14)13-6-4-5-12;/h7H,3-6,12H2,1-2H3,(H,13,14);1H. The fourth-order valence-electron chi connectivity index (χ4n) is 1.37. The van der Waals surface area contributed by atoms with Crippen LogP contribution in [0, 0.1) is 6.92 Å². The van der Waals surface area contributed by atoms with Crippen molar-refractivity contribution < 1.29 is 4.79 Å². The van der Waals surface area contributed by atoms with Crippen molar-refractivity contribution in [1.29, 1.82) is 0 Å². The van der Waals surface area contributed by atoms with E-state index < -0.39 is 0 Å². The number of rotatable bonds is 5. The lowest BCUT2D eigenvalue weighted by atomic mass is 10.2. The molecule has 92 valence electrons. The van der Waals surface area contributed by atoms with Crippen LogP contribution in [0.2, 0.25) is 0 Å². The van der Waals surface area contributed by atoms with Crippen LogP contribution < -0.4 is 11.1 Å². The summed E-state index contributed by atoms with van der Waals surface area (Å²) in [6, 6.07) is 1.96. The molecule has 3 nitrogen and oxygen atoms in total. The van der Waals surface area contributed by atoms with E-state index in [-0.39, 0.29) is 18.3 Å². The van der Waals surface area contributed by atoms with Gasteiger partial charge < -0.3 is 11.1 Å². The van der Waals surface area contributed by atoms with E-state index in [4.69, 9.17) is 5.73 Å². The summed E-state index contributed by atoms with van der Waals surface area (Å²) in [4.78, 5) is 13.8. The van der Waals surface area contributed by atoms with Gasteiger partial charge in [-0.05, 0) is 37.9 Å². The van der Waals surface area contributed by atoms with Crippen molar-refractivity contribution in [2.75, 3.05) is 13.1 Å². The van der Waals surface area contributed by atoms with E-state index in [1.807, 2.05) is 13.0 Å². The van der Waals surface area contributed by atoms with Crippen LogP contribution in [-0.4, -0.2) is 19.0 Å². The Morgan fingerprint density at radius 1 is 1.56 bits per heavy atom. The van der Waals surface area contributed by atoms with Crippen LogP contribution in [0.4, 0.5) is 0 Å². The van der Waals surface area contributed by atoms with E-state index in [1.54, 1.807) is 11.3 Å². The highest BCUT2D eigenvalue weighted by atomic mass is 35.5. The molecule has 0 aliphatic rings. The van der Waals surface area contributed by atoms with Crippen molar-refractivity contribution >= 4 is 29.7 Å². The predicted octanol–water partition coefficient (Wildman–Crippen LogP) is 2.12. The Kier molecular flexibility index (Phi) is 7.38. The number of nitrogens with one attached hydrogen (secondary N) is 1. The number of aryl methyl sites for hydroxylation is 2. The predicted molar refractivity (Wildman–Crippen MR) is 71.7 cm³/mol. The molecule has 1 rings (SSSR count). The summed E-state index contributed by atoms with van der Waals surface area (Å²) in [5.74, 6) is 0.0243. The van der Waals surface area contributed by atoms with Gasteiger partial charge in [0.2, 0.25) is 0 Å². The van der Waals surface area contributed by atoms with Crippen LogP contribution in [0.3, 0.4) is 0 Å². The van der Waals surface area contributed by atoms with Crippen LogP contribution in [0.5, 0.6) is 0 Å². The van der Waals surface area contributed by atoms with Gasteiger partial charge in [-0.2, -0.15) is 0 Å². The molecule has 0 atom stereocenters. The Hall–Kier alpha value is -0.580. The summed E-state index contributed by atoms with van der Waals surface area (Å²) in [5, 5.41) is 2.86. The van der Waals surface area contributed by atoms with E-state index in [9.17, 15) is 4.79 Å². The Labute approximate surface area is 107 Å². The SMILES string of the molecule is CCc1sc(C(=O)NCCCN)cc1C.Cl. The fourth-order valence-corrected chi connectivity index (χ4v) is 2.40. The number of carbonyl (C=O) groups excluding carboxylic acids is 1. The third kappa shape index (κ3) is 4.12. The maximum Gasteiger partial charge on any atom is 0.261 e. The van der Waals surface area contributed by atoms with Crippen molar-refractivity contribution in [3.63, 3.8) is 0 Å². The molecule has 3 N–H and O–H groups in total. The minimum absolute atomic E-state index is 0. The maximum absolute atomic E-state index is 11.7. The van der Waals surface area contributed by atoms with E-state index in [0.29, 0.717) is 13.1 Å². The van der Waals surface area contributed by atoms with Gasteiger partial charge in [-0.25, -0.2) is 0 Å². The largest absolute Gasteiger partial charge is 0.351 e. The van der Waals surface area contributed by atoms with Crippen LogP contribution >= 0.6 is 23.7 Å². The van der Waals surface area contributed by atoms with Gasteiger partial charge >= 0.3 is 0 Å². The quantitative estimate of drug-likeness (QED) is 0.799. The van der Waals surface area contributed by atoms with E-state index in [1.165, 1.54) is 10.4 Å². The highest BCUT2D eigenvalue weighted by molar-refractivity contribution is 7.14. The van der Waals surface area contributed by atoms with Crippen molar-refractivity contribution in [2.24, 2.45) is 5.73 Å². The number of nitrogens with two attached hydrogens (primary N) is 1. The summed E-state index contributed by atoms with van der Waals surface area (Å²) in [6.45, 7) is 5.43. The first kappa shape index (κ1) is 15.4. The van der Waals surface area contributed by atoms with Crippen LogP contribution in [0.15, 0.2) is 6.07 Å². The van der Waals surface area contributed by atoms with Crippen LogP contribution in [0.1, 0.15) is 33.5 Å². The number of thiophene rings is 1. The second-order valence-corrected chi connectivity index (χ2v) is 4.61. The first-order valence-corrected chi connectivity index (χ1v) is 6.08. The zero-order valence-corrected chi connectivity index (χ0v) is 11.3. The van der Waals surface area contributed by atoms with Crippen LogP contribution in [0.25, 0.3) is 0 Å². The molecule has 0 aliphatic heterocycles. The van der Waals surface area contributed by atoms with Gasteiger partial charge in [-0.3, -0.25) is 4.79 Å². The number of amides is 1. The molecule has 1 amide bonds. The lowest BCUT2D eigenvalue weighted by Crippen LogP contribution is -2.25. The van der Waals surface area contributed by atoms with E-state index in [0.717, 1.165) is 17.7 Å². The Bertz CT molecular complexity index is 339. The average Bonchev–Trinajstić information content (AvgIpc) is 2.60. The van der Waals surface area contributed by atoms with E-state index in [2.05, 4.69) is 12.2 Å². The van der Waals surface area contributed by atoms with Gasteiger partial charge in [0, 0.05) is 11.4 Å². The molecule has 0 bridgehead atoms. The van der Waals surface area contributed by atoms with Gasteiger partial charge in [0.25, 0.3) is 5.91 Å². The highest BCUT2D eigenvalue weighted by Crippen LogP contribution is 2.22. The van der Waals surface area contributed by atoms with Gasteiger partial charge in [0.1, 0.15) is 0 Å². The zero-order valence-electron chi connectivity index (χ0n) is 9.71. The third-order valence-corrected chi connectivity index (χ3v) is 3.61. The zero-order chi connectivity index (χ0) is 11.3. The minimum Gasteiger partial charge on any atom is -0.351 e.